The number of hydrogen-bond acceptors (Lipinski definition) is 8. The van der Waals surface area contributed by atoms with Crippen LogP contribution in [0.5, 0.6) is 17.2 Å². The smallest absolute Gasteiger partial charge is 0.163 e. The van der Waals surface area contributed by atoms with Crippen molar-refractivity contribution >= 4 is 16.6 Å². The highest BCUT2D eigenvalue weighted by Crippen LogP contribution is 2.39. The lowest BCUT2D eigenvalue weighted by molar-refractivity contribution is 0.0146. The monoisotopic (exact) mass is 439 g/mol. The molecule has 170 valence electrons. The number of anilines is 1. The zero-order valence-corrected chi connectivity index (χ0v) is 18.9. The largest absolute Gasteiger partial charge is 0.497 e. The summed E-state index contributed by atoms with van der Waals surface area (Å²) in [5.41, 5.74) is 2.85. The molecule has 4 rings (SSSR count). The van der Waals surface area contributed by atoms with Gasteiger partial charge in [-0.05, 0) is 30.7 Å². The van der Waals surface area contributed by atoms with Crippen molar-refractivity contribution in [1.82, 2.24) is 10.2 Å². The molecule has 2 heterocycles. The Balaban J connectivity index is 1.68. The van der Waals surface area contributed by atoms with Gasteiger partial charge >= 0.3 is 0 Å². The molecule has 32 heavy (non-hydrogen) atoms. The van der Waals surface area contributed by atoms with Gasteiger partial charge in [0.2, 0.25) is 0 Å². The van der Waals surface area contributed by atoms with Crippen LogP contribution in [0, 0.1) is 0 Å². The number of nitrogens with zero attached hydrogens (tertiary/aromatic N) is 3. The first-order valence-corrected chi connectivity index (χ1v) is 10.6. The Bertz CT molecular complexity index is 1040. The first-order valence-electron chi connectivity index (χ1n) is 10.6. The van der Waals surface area contributed by atoms with Gasteiger partial charge in [-0.2, -0.15) is 10.2 Å². The number of aromatic nitrogens is 2. The molecule has 1 aliphatic rings. The predicted molar refractivity (Wildman–Crippen MR) is 122 cm³/mol. The summed E-state index contributed by atoms with van der Waals surface area (Å²) in [5, 5.41) is 9.53. The average molecular weight is 440 g/mol. The van der Waals surface area contributed by atoms with Crippen LogP contribution >= 0.6 is 0 Å². The molecule has 0 radical (unpaired) electrons. The third kappa shape index (κ3) is 4.42. The van der Waals surface area contributed by atoms with Gasteiger partial charge in [0.05, 0.1) is 50.9 Å². The maximum Gasteiger partial charge on any atom is 0.163 e. The number of morpholine rings is 1. The number of hydrogen-bond donors (Lipinski definition) is 0. The Labute approximate surface area is 188 Å². The Hall–Kier alpha value is -3.10. The normalized spacial score (nSPS) is 18.6. The molecule has 0 aliphatic carbocycles. The summed E-state index contributed by atoms with van der Waals surface area (Å²) in [7, 11) is 4.93. The van der Waals surface area contributed by atoms with Crippen molar-refractivity contribution in [3.8, 4) is 17.2 Å². The van der Waals surface area contributed by atoms with E-state index < -0.39 is 0 Å². The molecule has 2 aromatic carbocycles. The highest BCUT2D eigenvalue weighted by atomic mass is 16.5. The van der Waals surface area contributed by atoms with E-state index in [0.29, 0.717) is 31.3 Å². The van der Waals surface area contributed by atoms with Gasteiger partial charge in [-0.15, -0.1) is 0 Å². The lowest BCUT2D eigenvalue weighted by Gasteiger charge is -2.41. The minimum atomic E-state index is -0.0754. The van der Waals surface area contributed by atoms with Gasteiger partial charge in [0.15, 0.2) is 11.5 Å². The van der Waals surface area contributed by atoms with Crippen LogP contribution in [0.2, 0.25) is 0 Å². The van der Waals surface area contributed by atoms with E-state index in [1.807, 2.05) is 24.3 Å². The number of benzene rings is 2. The van der Waals surface area contributed by atoms with E-state index in [0.717, 1.165) is 34.4 Å². The zero-order chi connectivity index (χ0) is 22.5. The third-order valence-corrected chi connectivity index (χ3v) is 5.76. The Kier molecular flexibility index (Phi) is 6.92. The first-order chi connectivity index (χ1) is 15.7. The number of rotatable bonds is 8. The fourth-order valence-electron chi connectivity index (χ4n) is 4.08. The van der Waals surface area contributed by atoms with Crippen LogP contribution in [0.15, 0.2) is 42.6 Å². The molecule has 8 nitrogen and oxygen atoms in total. The van der Waals surface area contributed by atoms with Crippen molar-refractivity contribution in [3.05, 3.63) is 48.2 Å². The van der Waals surface area contributed by atoms with Crippen molar-refractivity contribution in [3.63, 3.8) is 0 Å². The molecule has 3 aromatic rings. The quantitative estimate of drug-likeness (QED) is 0.493. The molecule has 2 atom stereocenters. The molecule has 1 saturated heterocycles. The summed E-state index contributed by atoms with van der Waals surface area (Å²) in [4.78, 5) is 2.32. The maximum absolute atomic E-state index is 6.16. The SMILES string of the molecule is COCCOc1cc2c(N3CCOC(c4ccc(OC)cc4)C3C)cnnc2cc1OC. The molecule has 2 unspecified atom stereocenters. The van der Waals surface area contributed by atoms with Crippen molar-refractivity contribution in [1.29, 1.82) is 0 Å². The molecule has 1 aliphatic heterocycles. The van der Waals surface area contributed by atoms with E-state index in [1.165, 1.54) is 0 Å². The van der Waals surface area contributed by atoms with E-state index in [2.05, 4.69) is 34.2 Å². The van der Waals surface area contributed by atoms with Crippen LogP contribution in [0.1, 0.15) is 18.6 Å². The van der Waals surface area contributed by atoms with Gasteiger partial charge in [0.1, 0.15) is 18.5 Å². The van der Waals surface area contributed by atoms with Crippen molar-refractivity contribution in [2.45, 2.75) is 19.1 Å². The standard InChI is InChI=1S/C24H29N3O5/c1-16-24(17-5-7-18(29-3)8-6-17)32-10-9-27(16)21-15-25-26-20-14-22(30-4)23(13-19(20)21)31-12-11-28-2/h5-8,13-16,24H,9-12H2,1-4H3. The lowest BCUT2D eigenvalue weighted by atomic mass is 9.99. The molecule has 1 fully saturated rings. The average Bonchev–Trinajstić information content (AvgIpc) is 2.84. The van der Waals surface area contributed by atoms with Crippen molar-refractivity contribution < 1.29 is 23.7 Å². The number of ether oxygens (including phenoxy) is 5. The van der Waals surface area contributed by atoms with E-state index in [4.69, 9.17) is 23.7 Å². The Morgan fingerprint density at radius 1 is 1.03 bits per heavy atom. The van der Waals surface area contributed by atoms with E-state index >= 15 is 0 Å². The third-order valence-electron chi connectivity index (χ3n) is 5.76. The van der Waals surface area contributed by atoms with E-state index in [9.17, 15) is 0 Å². The highest BCUT2D eigenvalue weighted by molar-refractivity contribution is 5.93. The molecule has 0 bridgehead atoms. The van der Waals surface area contributed by atoms with Gasteiger partial charge < -0.3 is 28.6 Å². The van der Waals surface area contributed by atoms with Crippen LogP contribution in [0.3, 0.4) is 0 Å². The van der Waals surface area contributed by atoms with Crippen LogP contribution in [-0.4, -0.2) is 63.9 Å². The molecule has 0 amide bonds. The number of methoxy groups -OCH3 is 3. The van der Waals surface area contributed by atoms with Crippen molar-refractivity contribution in [2.75, 3.05) is 52.6 Å². The first kappa shape index (κ1) is 22.1. The summed E-state index contributed by atoms with van der Waals surface area (Å²) in [6.45, 7) is 4.45. The second kappa shape index (κ2) is 10.0. The summed E-state index contributed by atoms with van der Waals surface area (Å²) in [6, 6.07) is 12.0. The van der Waals surface area contributed by atoms with Gasteiger partial charge in [-0.1, -0.05) is 12.1 Å². The minimum absolute atomic E-state index is 0.0754. The van der Waals surface area contributed by atoms with Crippen LogP contribution < -0.4 is 19.1 Å². The van der Waals surface area contributed by atoms with Gasteiger partial charge in [0, 0.05) is 25.1 Å². The molecular weight excluding hydrogens is 410 g/mol. The fraction of sp³-hybridized carbons (Fsp3) is 0.417. The van der Waals surface area contributed by atoms with Gasteiger partial charge in [-0.3, -0.25) is 0 Å². The van der Waals surface area contributed by atoms with Crippen LogP contribution in [0.25, 0.3) is 10.9 Å². The second-order valence-corrected chi connectivity index (χ2v) is 7.59. The van der Waals surface area contributed by atoms with E-state index in [1.54, 1.807) is 27.5 Å². The maximum atomic E-state index is 6.16. The molecule has 0 saturated carbocycles. The van der Waals surface area contributed by atoms with Crippen molar-refractivity contribution in [2.24, 2.45) is 0 Å². The second-order valence-electron chi connectivity index (χ2n) is 7.59. The highest BCUT2D eigenvalue weighted by Gasteiger charge is 2.31. The number of fused-ring (bicyclic) bond motifs is 1. The van der Waals surface area contributed by atoms with Crippen LogP contribution in [-0.2, 0) is 9.47 Å². The predicted octanol–water partition coefficient (Wildman–Crippen LogP) is 3.64. The molecular formula is C24H29N3O5. The molecule has 1 aromatic heterocycles. The fourth-order valence-corrected chi connectivity index (χ4v) is 4.08. The molecule has 8 heteroatoms. The Morgan fingerprint density at radius 2 is 1.84 bits per heavy atom. The topological polar surface area (TPSA) is 75.2 Å². The molecule has 0 N–H and O–H groups in total. The van der Waals surface area contributed by atoms with E-state index in [-0.39, 0.29) is 12.1 Å². The summed E-state index contributed by atoms with van der Waals surface area (Å²) in [6.07, 6.45) is 1.73. The Morgan fingerprint density at radius 3 is 2.56 bits per heavy atom. The lowest BCUT2D eigenvalue weighted by Crippen LogP contribution is -2.45. The summed E-state index contributed by atoms with van der Waals surface area (Å²) < 4.78 is 28.0. The van der Waals surface area contributed by atoms with Gasteiger partial charge in [0.25, 0.3) is 0 Å². The van der Waals surface area contributed by atoms with Crippen LogP contribution in [0.4, 0.5) is 5.69 Å². The summed E-state index contributed by atoms with van der Waals surface area (Å²) in [5.74, 6) is 2.10. The van der Waals surface area contributed by atoms with Gasteiger partial charge in [-0.25, -0.2) is 0 Å². The zero-order valence-electron chi connectivity index (χ0n) is 18.9. The minimum Gasteiger partial charge on any atom is -0.497 e. The summed E-state index contributed by atoms with van der Waals surface area (Å²) >= 11 is 0. The molecule has 0 spiro atoms.